The van der Waals surface area contributed by atoms with E-state index in [9.17, 15) is 14.4 Å². The fraction of sp³-hybridized carbons (Fsp3) is 0.318. The number of nitrogens with one attached hydrogen (secondary N) is 3. The highest BCUT2D eigenvalue weighted by Gasteiger charge is 2.21. The van der Waals surface area contributed by atoms with Crippen LogP contribution < -0.4 is 15.7 Å². The zero-order valence-electron chi connectivity index (χ0n) is 17.4. The number of esters is 1. The van der Waals surface area contributed by atoms with E-state index in [1.165, 1.54) is 6.92 Å². The number of hydrogen-bond acceptors (Lipinski definition) is 5. The van der Waals surface area contributed by atoms with Crippen molar-refractivity contribution in [2.24, 2.45) is 0 Å². The first-order valence-electron chi connectivity index (χ1n) is 9.58. The maximum absolute atomic E-state index is 12.3. The largest absolute Gasteiger partial charge is 0.482 e. The molecule has 0 aliphatic carbocycles. The second-order valence-corrected chi connectivity index (χ2v) is 8.00. The van der Waals surface area contributed by atoms with Crippen LogP contribution in [0.2, 0.25) is 0 Å². The minimum Gasteiger partial charge on any atom is -0.482 e. The van der Waals surface area contributed by atoms with Crippen LogP contribution in [-0.4, -0.2) is 34.6 Å². The van der Waals surface area contributed by atoms with Gasteiger partial charge in [-0.1, -0.05) is 39.0 Å². The maximum Gasteiger partial charge on any atom is 0.344 e. The SMILES string of the molecule is C[C@@H](OC(=O)COc1ccccc1C(C)(C)C)C(=O)Nc1ccc2[nH]c(=O)[nH]c2c1. The molecular weight excluding hydrogens is 386 g/mol. The number of fused-ring (bicyclic) bond motifs is 1. The van der Waals surface area contributed by atoms with Gasteiger partial charge in [0.2, 0.25) is 0 Å². The van der Waals surface area contributed by atoms with Gasteiger partial charge in [0.1, 0.15) is 5.75 Å². The Labute approximate surface area is 173 Å². The van der Waals surface area contributed by atoms with Crippen LogP contribution in [0.1, 0.15) is 33.3 Å². The van der Waals surface area contributed by atoms with E-state index >= 15 is 0 Å². The monoisotopic (exact) mass is 411 g/mol. The predicted molar refractivity (Wildman–Crippen MR) is 114 cm³/mol. The van der Waals surface area contributed by atoms with Gasteiger partial charge in [0, 0.05) is 5.69 Å². The highest BCUT2D eigenvalue weighted by atomic mass is 16.6. The van der Waals surface area contributed by atoms with Gasteiger partial charge in [0.25, 0.3) is 5.91 Å². The molecule has 0 radical (unpaired) electrons. The predicted octanol–water partition coefficient (Wildman–Crippen LogP) is 3.10. The quantitative estimate of drug-likeness (QED) is 0.540. The Hall–Kier alpha value is -3.55. The third-order valence-corrected chi connectivity index (χ3v) is 4.50. The first-order valence-corrected chi connectivity index (χ1v) is 9.58. The molecule has 1 aromatic heterocycles. The molecule has 8 nitrogen and oxygen atoms in total. The summed E-state index contributed by atoms with van der Waals surface area (Å²) < 4.78 is 10.8. The van der Waals surface area contributed by atoms with Crippen LogP contribution >= 0.6 is 0 Å². The van der Waals surface area contributed by atoms with E-state index < -0.39 is 18.0 Å². The van der Waals surface area contributed by atoms with Gasteiger partial charge in [-0.2, -0.15) is 0 Å². The summed E-state index contributed by atoms with van der Waals surface area (Å²) in [6, 6.07) is 12.4. The Kier molecular flexibility index (Phi) is 5.96. The lowest BCUT2D eigenvalue weighted by Gasteiger charge is -2.22. The number of aromatic nitrogens is 2. The Morgan fingerprint density at radius 2 is 1.77 bits per heavy atom. The number of para-hydroxylation sites is 1. The van der Waals surface area contributed by atoms with Crippen molar-refractivity contribution in [1.29, 1.82) is 0 Å². The Bertz CT molecular complexity index is 1120. The normalized spacial score (nSPS) is 12.4. The van der Waals surface area contributed by atoms with Crippen molar-refractivity contribution in [3.05, 3.63) is 58.5 Å². The number of carbonyl (C=O) groups is 2. The molecule has 0 saturated heterocycles. The molecule has 3 aromatic rings. The second-order valence-electron chi connectivity index (χ2n) is 8.00. The summed E-state index contributed by atoms with van der Waals surface area (Å²) >= 11 is 0. The molecule has 30 heavy (non-hydrogen) atoms. The van der Waals surface area contributed by atoms with Crippen molar-refractivity contribution < 1.29 is 19.1 Å². The summed E-state index contributed by atoms with van der Waals surface area (Å²) in [5, 5.41) is 2.66. The lowest BCUT2D eigenvalue weighted by atomic mass is 9.86. The summed E-state index contributed by atoms with van der Waals surface area (Å²) in [7, 11) is 0. The minimum atomic E-state index is -1.01. The first-order chi connectivity index (χ1) is 14.1. The van der Waals surface area contributed by atoms with Gasteiger partial charge in [0.05, 0.1) is 11.0 Å². The van der Waals surface area contributed by atoms with Crippen molar-refractivity contribution in [1.82, 2.24) is 9.97 Å². The molecule has 1 amide bonds. The molecule has 0 aliphatic rings. The van der Waals surface area contributed by atoms with Crippen molar-refractivity contribution in [3.8, 4) is 5.75 Å². The average molecular weight is 411 g/mol. The van der Waals surface area contributed by atoms with Gasteiger partial charge in [-0.3, -0.25) is 4.79 Å². The molecule has 1 heterocycles. The standard InChI is InChI=1S/C22H25N3O5/c1-13(20(27)23-14-9-10-16-17(11-14)25-21(28)24-16)30-19(26)12-29-18-8-6-5-7-15(18)22(2,3)4/h5-11,13H,12H2,1-4H3,(H,23,27)(H2,24,25,28)/t13-/m1/s1. The zero-order valence-corrected chi connectivity index (χ0v) is 17.4. The van der Waals surface area contributed by atoms with E-state index in [4.69, 9.17) is 9.47 Å². The number of amides is 1. The summed E-state index contributed by atoms with van der Waals surface area (Å²) in [4.78, 5) is 41.1. The van der Waals surface area contributed by atoms with Crippen LogP contribution in [-0.2, 0) is 19.7 Å². The van der Waals surface area contributed by atoms with Gasteiger partial charge < -0.3 is 24.8 Å². The minimum absolute atomic E-state index is 0.140. The van der Waals surface area contributed by atoms with Crippen LogP contribution in [0.3, 0.4) is 0 Å². The van der Waals surface area contributed by atoms with Gasteiger partial charge in [-0.15, -0.1) is 0 Å². The number of hydrogen-bond donors (Lipinski definition) is 3. The number of imidazole rings is 1. The van der Waals surface area contributed by atoms with E-state index in [1.807, 2.05) is 18.2 Å². The van der Waals surface area contributed by atoms with E-state index in [2.05, 4.69) is 36.1 Å². The fourth-order valence-corrected chi connectivity index (χ4v) is 2.99. The van der Waals surface area contributed by atoms with E-state index in [0.717, 1.165) is 5.56 Å². The van der Waals surface area contributed by atoms with Crippen molar-refractivity contribution in [2.75, 3.05) is 11.9 Å². The summed E-state index contributed by atoms with van der Waals surface area (Å²) in [6.45, 7) is 7.34. The van der Waals surface area contributed by atoms with E-state index in [1.54, 1.807) is 24.3 Å². The molecule has 8 heteroatoms. The second kappa shape index (κ2) is 8.44. The molecule has 3 N–H and O–H groups in total. The van der Waals surface area contributed by atoms with Crippen molar-refractivity contribution >= 4 is 28.6 Å². The smallest absolute Gasteiger partial charge is 0.344 e. The molecule has 0 fully saturated rings. The van der Waals surface area contributed by atoms with Crippen molar-refractivity contribution in [3.63, 3.8) is 0 Å². The van der Waals surface area contributed by atoms with Crippen LogP contribution in [0.25, 0.3) is 11.0 Å². The van der Waals surface area contributed by atoms with Gasteiger partial charge in [-0.25, -0.2) is 9.59 Å². The highest BCUT2D eigenvalue weighted by Crippen LogP contribution is 2.30. The molecule has 158 valence electrons. The Morgan fingerprint density at radius 3 is 2.50 bits per heavy atom. The third kappa shape index (κ3) is 5.08. The number of H-pyrrole nitrogens is 2. The summed E-state index contributed by atoms with van der Waals surface area (Å²) in [5.41, 5.74) is 2.17. The number of benzene rings is 2. The number of rotatable bonds is 6. The molecule has 0 saturated carbocycles. The molecule has 3 rings (SSSR count). The zero-order chi connectivity index (χ0) is 21.9. The van der Waals surface area contributed by atoms with E-state index in [0.29, 0.717) is 22.5 Å². The maximum atomic E-state index is 12.3. The third-order valence-electron chi connectivity index (χ3n) is 4.50. The number of carbonyl (C=O) groups excluding carboxylic acids is 2. The molecule has 2 aromatic carbocycles. The highest BCUT2D eigenvalue weighted by molar-refractivity contribution is 5.96. The summed E-state index contributed by atoms with van der Waals surface area (Å²) in [6.07, 6.45) is -1.01. The van der Waals surface area contributed by atoms with Crippen LogP contribution in [0.15, 0.2) is 47.3 Å². The molecule has 0 unspecified atom stereocenters. The van der Waals surface area contributed by atoms with Gasteiger partial charge in [-0.05, 0) is 42.2 Å². The number of anilines is 1. The Balaban J connectivity index is 1.56. The van der Waals surface area contributed by atoms with E-state index in [-0.39, 0.29) is 17.7 Å². The lowest BCUT2D eigenvalue weighted by Crippen LogP contribution is -2.31. The molecule has 0 aliphatic heterocycles. The van der Waals surface area contributed by atoms with Crippen LogP contribution in [0.5, 0.6) is 5.75 Å². The molecular formula is C22H25N3O5. The lowest BCUT2D eigenvalue weighted by molar-refractivity contribution is -0.155. The number of ether oxygens (including phenoxy) is 2. The van der Waals surface area contributed by atoms with Gasteiger partial charge in [0.15, 0.2) is 12.7 Å². The molecule has 0 spiro atoms. The van der Waals surface area contributed by atoms with Gasteiger partial charge >= 0.3 is 11.7 Å². The van der Waals surface area contributed by atoms with Crippen molar-refractivity contribution in [2.45, 2.75) is 39.2 Å². The van der Waals surface area contributed by atoms with Crippen LogP contribution in [0, 0.1) is 0 Å². The van der Waals surface area contributed by atoms with Crippen LogP contribution in [0.4, 0.5) is 5.69 Å². The average Bonchev–Trinajstić information content (AvgIpc) is 3.05. The number of aromatic amines is 2. The topological polar surface area (TPSA) is 113 Å². The Morgan fingerprint density at radius 1 is 1.07 bits per heavy atom. The summed E-state index contributed by atoms with van der Waals surface area (Å²) in [5.74, 6) is -0.532. The molecule has 1 atom stereocenters. The first kappa shape index (κ1) is 21.2. The fourth-order valence-electron chi connectivity index (χ4n) is 2.99. The molecule has 0 bridgehead atoms.